The number of aromatic nitrogens is 3. The molecule has 2 aromatic rings. The minimum Gasteiger partial charge on any atom is -0.480 e. The molecule has 0 saturated heterocycles. The normalized spacial score (nSPS) is 10.2. The Balaban J connectivity index is 2.07. The van der Waals surface area contributed by atoms with Crippen molar-refractivity contribution in [1.82, 2.24) is 15.2 Å². The first-order valence-electron chi connectivity index (χ1n) is 5.38. The fourth-order valence-corrected chi connectivity index (χ4v) is 2.23. The predicted octanol–water partition coefficient (Wildman–Crippen LogP) is 1.87. The number of carboxylic acids is 1. The summed E-state index contributed by atoms with van der Waals surface area (Å²) in [5, 5.41) is 17.3. The van der Waals surface area contributed by atoms with Crippen LogP contribution in [0.1, 0.15) is 16.1 Å². The van der Waals surface area contributed by atoms with E-state index < -0.39 is 5.97 Å². The number of hydrogen-bond donors (Lipinski definition) is 1. The number of methoxy groups -OCH3 is 1. The summed E-state index contributed by atoms with van der Waals surface area (Å²) in [6, 6.07) is 6.61. The second kappa shape index (κ2) is 6.14. The van der Waals surface area contributed by atoms with Gasteiger partial charge in [-0.25, -0.2) is 9.78 Å². The summed E-state index contributed by atoms with van der Waals surface area (Å²) >= 11 is 1.31. The molecule has 0 spiro atoms. The van der Waals surface area contributed by atoms with E-state index in [1.54, 1.807) is 24.4 Å². The maximum Gasteiger partial charge on any atom is 0.338 e. The van der Waals surface area contributed by atoms with E-state index in [-0.39, 0.29) is 5.56 Å². The molecular weight excluding hydrogens is 266 g/mol. The molecule has 0 fully saturated rings. The van der Waals surface area contributed by atoms with E-state index in [1.165, 1.54) is 24.9 Å². The lowest BCUT2D eigenvalue weighted by atomic mass is 10.3. The van der Waals surface area contributed by atoms with Crippen molar-refractivity contribution in [2.75, 3.05) is 7.11 Å². The van der Waals surface area contributed by atoms with Crippen molar-refractivity contribution >= 4 is 17.7 Å². The molecule has 1 N–H and O–H groups in total. The van der Waals surface area contributed by atoms with E-state index in [0.29, 0.717) is 16.7 Å². The molecule has 7 heteroatoms. The van der Waals surface area contributed by atoms with E-state index >= 15 is 0 Å². The molecule has 6 nitrogen and oxygen atoms in total. The third-order valence-corrected chi connectivity index (χ3v) is 3.30. The van der Waals surface area contributed by atoms with Gasteiger partial charge in [0.2, 0.25) is 5.88 Å². The van der Waals surface area contributed by atoms with Gasteiger partial charge in [0.15, 0.2) is 0 Å². The number of carbonyl (C=O) groups is 1. The van der Waals surface area contributed by atoms with Crippen LogP contribution in [0.25, 0.3) is 0 Å². The summed E-state index contributed by atoms with van der Waals surface area (Å²) < 4.78 is 4.91. The third-order valence-electron chi connectivity index (χ3n) is 2.26. The lowest BCUT2D eigenvalue weighted by Gasteiger charge is -2.04. The summed E-state index contributed by atoms with van der Waals surface area (Å²) in [4.78, 5) is 15.1. The fraction of sp³-hybridized carbons (Fsp3) is 0.167. The Bertz CT molecular complexity index is 575. The van der Waals surface area contributed by atoms with E-state index in [2.05, 4.69) is 15.2 Å². The van der Waals surface area contributed by atoms with Crippen molar-refractivity contribution in [2.24, 2.45) is 0 Å². The first kappa shape index (κ1) is 13.3. The zero-order valence-electron chi connectivity index (χ0n) is 10.1. The summed E-state index contributed by atoms with van der Waals surface area (Å²) in [6.45, 7) is 0. The Kier molecular flexibility index (Phi) is 4.30. The van der Waals surface area contributed by atoms with Crippen molar-refractivity contribution < 1.29 is 14.6 Å². The Morgan fingerprint density at radius 2 is 2.21 bits per heavy atom. The van der Waals surface area contributed by atoms with Crippen LogP contribution in [0.15, 0.2) is 35.5 Å². The largest absolute Gasteiger partial charge is 0.480 e. The number of hydrogen-bond acceptors (Lipinski definition) is 6. The molecule has 2 aromatic heterocycles. The monoisotopic (exact) mass is 277 g/mol. The molecule has 98 valence electrons. The number of ether oxygens (including phenoxy) is 1. The summed E-state index contributed by atoms with van der Waals surface area (Å²) in [6.07, 6.45) is 1.56. The predicted molar refractivity (Wildman–Crippen MR) is 69.3 cm³/mol. The number of nitrogens with zero attached hydrogens (tertiary/aromatic N) is 3. The molecular formula is C12H11N3O3S. The third kappa shape index (κ3) is 3.41. The quantitative estimate of drug-likeness (QED) is 0.835. The van der Waals surface area contributed by atoms with E-state index in [4.69, 9.17) is 9.84 Å². The number of aromatic carboxylic acids is 1. The van der Waals surface area contributed by atoms with E-state index in [9.17, 15) is 4.79 Å². The number of rotatable bonds is 5. The van der Waals surface area contributed by atoms with Crippen LogP contribution in [0, 0.1) is 0 Å². The van der Waals surface area contributed by atoms with Gasteiger partial charge in [-0.15, -0.1) is 5.10 Å². The standard InChI is InChI=1S/C12H11N3O3S/c1-18-10-5-4-8(14-15-10)7-19-11-9(12(16)17)3-2-6-13-11/h2-6H,7H2,1H3,(H,16,17). The van der Waals surface area contributed by atoms with Gasteiger partial charge in [0.05, 0.1) is 18.4 Å². The van der Waals surface area contributed by atoms with Crippen LogP contribution in [-0.2, 0) is 5.75 Å². The highest BCUT2D eigenvalue weighted by molar-refractivity contribution is 7.98. The topological polar surface area (TPSA) is 85.2 Å². The second-order valence-corrected chi connectivity index (χ2v) is 4.48. The van der Waals surface area contributed by atoms with Crippen molar-refractivity contribution in [2.45, 2.75) is 10.8 Å². The van der Waals surface area contributed by atoms with Crippen molar-refractivity contribution in [1.29, 1.82) is 0 Å². The summed E-state index contributed by atoms with van der Waals surface area (Å²) in [7, 11) is 1.52. The molecule has 0 atom stereocenters. The second-order valence-electron chi connectivity index (χ2n) is 3.52. The number of pyridine rings is 1. The van der Waals surface area contributed by atoms with Crippen molar-refractivity contribution in [3.63, 3.8) is 0 Å². The molecule has 0 amide bonds. The average Bonchev–Trinajstić information content (AvgIpc) is 2.46. The zero-order valence-corrected chi connectivity index (χ0v) is 10.9. The number of thioether (sulfide) groups is 1. The molecule has 0 bridgehead atoms. The summed E-state index contributed by atoms with van der Waals surface area (Å²) in [5.74, 6) is -0.0527. The highest BCUT2D eigenvalue weighted by atomic mass is 32.2. The molecule has 2 rings (SSSR count). The zero-order chi connectivity index (χ0) is 13.7. The van der Waals surface area contributed by atoms with Gasteiger partial charge in [-0.1, -0.05) is 11.8 Å². The maximum atomic E-state index is 11.0. The SMILES string of the molecule is COc1ccc(CSc2ncccc2C(=O)O)nn1. The lowest BCUT2D eigenvalue weighted by Crippen LogP contribution is -2.01. The van der Waals surface area contributed by atoms with Crippen LogP contribution in [0.4, 0.5) is 0 Å². The molecule has 0 aromatic carbocycles. The molecule has 0 unspecified atom stereocenters. The van der Waals surface area contributed by atoms with Crippen LogP contribution >= 0.6 is 11.8 Å². The molecule has 19 heavy (non-hydrogen) atoms. The van der Waals surface area contributed by atoms with Gasteiger partial charge >= 0.3 is 5.97 Å². The first-order valence-corrected chi connectivity index (χ1v) is 6.37. The van der Waals surface area contributed by atoms with Gasteiger partial charge in [0.1, 0.15) is 5.03 Å². The van der Waals surface area contributed by atoms with Gasteiger partial charge in [-0.05, 0) is 18.2 Å². The fourth-order valence-electron chi connectivity index (χ4n) is 1.34. The Morgan fingerprint density at radius 1 is 1.37 bits per heavy atom. The first-order chi connectivity index (χ1) is 9.20. The molecule has 0 aliphatic rings. The van der Waals surface area contributed by atoms with Crippen LogP contribution in [0.5, 0.6) is 5.88 Å². The molecule has 0 aliphatic heterocycles. The molecule has 0 saturated carbocycles. The number of carboxylic acid groups (broad SMARTS) is 1. The van der Waals surface area contributed by atoms with Crippen LogP contribution in [-0.4, -0.2) is 33.4 Å². The van der Waals surface area contributed by atoms with Gasteiger partial charge in [0.25, 0.3) is 0 Å². The Morgan fingerprint density at radius 3 is 2.84 bits per heavy atom. The van der Waals surface area contributed by atoms with E-state index in [1.807, 2.05) is 0 Å². The van der Waals surface area contributed by atoms with Crippen molar-refractivity contribution in [3.05, 3.63) is 41.7 Å². The molecule has 2 heterocycles. The van der Waals surface area contributed by atoms with Crippen molar-refractivity contribution in [3.8, 4) is 5.88 Å². The Hall–Kier alpha value is -2.15. The van der Waals surface area contributed by atoms with Gasteiger partial charge in [0, 0.05) is 18.0 Å². The summed E-state index contributed by atoms with van der Waals surface area (Å²) in [5.41, 5.74) is 0.918. The minimum absolute atomic E-state index is 0.189. The maximum absolute atomic E-state index is 11.0. The van der Waals surface area contributed by atoms with Crippen LogP contribution < -0.4 is 4.74 Å². The highest BCUT2D eigenvalue weighted by Crippen LogP contribution is 2.23. The molecule has 0 aliphatic carbocycles. The molecule has 0 radical (unpaired) electrons. The highest BCUT2D eigenvalue weighted by Gasteiger charge is 2.11. The lowest BCUT2D eigenvalue weighted by molar-refractivity contribution is 0.0692. The average molecular weight is 277 g/mol. The minimum atomic E-state index is -0.989. The van der Waals surface area contributed by atoms with Gasteiger partial charge in [-0.2, -0.15) is 5.10 Å². The Labute approximate surface area is 113 Å². The van der Waals surface area contributed by atoms with Gasteiger partial charge < -0.3 is 9.84 Å². The van der Waals surface area contributed by atoms with Gasteiger partial charge in [-0.3, -0.25) is 0 Å². The van der Waals surface area contributed by atoms with E-state index in [0.717, 1.165) is 5.69 Å². The smallest absolute Gasteiger partial charge is 0.338 e. The van der Waals surface area contributed by atoms with Crippen LogP contribution in [0.2, 0.25) is 0 Å². The van der Waals surface area contributed by atoms with Crippen LogP contribution in [0.3, 0.4) is 0 Å².